The number of aryl methyl sites for hydroxylation is 1. The predicted octanol–water partition coefficient (Wildman–Crippen LogP) is 2.01. The van der Waals surface area contributed by atoms with Crippen molar-refractivity contribution in [3.63, 3.8) is 0 Å². The molecule has 0 unspecified atom stereocenters. The number of tetrazole rings is 1. The fourth-order valence-corrected chi connectivity index (χ4v) is 2.28. The van der Waals surface area contributed by atoms with Crippen molar-refractivity contribution in [2.45, 2.75) is 6.92 Å². The van der Waals surface area contributed by atoms with Crippen molar-refractivity contribution in [2.24, 2.45) is 0 Å². The molecule has 25 heavy (non-hydrogen) atoms. The fraction of sp³-hybridized carbons (Fsp3) is 0.118. The number of benzene rings is 2. The molecule has 1 heterocycles. The summed E-state index contributed by atoms with van der Waals surface area (Å²) in [6, 6.07) is 11.7. The van der Waals surface area contributed by atoms with E-state index in [4.69, 9.17) is 0 Å². The molecule has 0 aliphatic heterocycles. The maximum Gasteiger partial charge on any atom is 0.337 e. The van der Waals surface area contributed by atoms with Crippen LogP contribution in [0.2, 0.25) is 0 Å². The van der Waals surface area contributed by atoms with Gasteiger partial charge in [0.25, 0.3) is 5.91 Å². The van der Waals surface area contributed by atoms with Crippen molar-refractivity contribution in [2.75, 3.05) is 12.4 Å². The van der Waals surface area contributed by atoms with Crippen LogP contribution in [0.4, 0.5) is 5.69 Å². The minimum absolute atomic E-state index is 0.289. The third-order valence-corrected chi connectivity index (χ3v) is 3.63. The van der Waals surface area contributed by atoms with E-state index >= 15 is 0 Å². The molecule has 0 aliphatic carbocycles. The van der Waals surface area contributed by atoms with E-state index in [1.807, 2.05) is 13.0 Å². The number of rotatable bonds is 4. The van der Waals surface area contributed by atoms with Crippen LogP contribution >= 0.6 is 0 Å². The van der Waals surface area contributed by atoms with Crippen LogP contribution in [0.15, 0.2) is 48.8 Å². The molecule has 0 spiro atoms. The zero-order valence-electron chi connectivity index (χ0n) is 13.6. The Kier molecular flexibility index (Phi) is 4.51. The average Bonchev–Trinajstić information content (AvgIpc) is 3.17. The van der Waals surface area contributed by atoms with E-state index in [1.54, 1.807) is 36.4 Å². The lowest BCUT2D eigenvalue weighted by molar-refractivity contribution is 0.0600. The number of carbonyl (C=O) groups excluding carboxylic acids is 2. The number of methoxy groups -OCH3 is 1. The second kappa shape index (κ2) is 6.91. The standard InChI is InChI=1S/C17H15N5O3/c1-11-3-8-14(9-15(11)22-10-18-20-21-22)19-16(23)12-4-6-13(7-5-12)17(24)25-2/h3-10H,1-2H3,(H,19,23). The average molecular weight is 337 g/mol. The molecule has 8 nitrogen and oxygen atoms in total. The zero-order valence-corrected chi connectivity index (χ0v) is 13.6. The molecule has 0 saturated heterocycles. The number of nitrogens with one attached hydrogen (secondary N) is 1. The Bertz CT molecular complexity index is 905. The molecular weight excluding hydrogens is 322 g/mol. The summed E-state index contributed by atoms with van der Waals surface area (Å²) >= 11 is 0. The Morgan fingerprint density at radius 3 is 2.44 bits per heavy atom. The number of hydrogen-bond acceptors (Lipinski definition) is 6. The van der Waals surface area contributed by atoms with Crippen molar-refractivity contribution in [3.05, 3.63) is 65.5 Å². The van der Waals surface area contributed by atoms with Gasteiger partial charge in [-0.1, -0.05) is 6.07 Å². The topological polar surface area (TPSA) is 99.0 Å². The van der Waals surface area contributed by atoms with Crippen molar-refractivity contribution in [1.29, 1.82) is 0 Å². The molecule has 3 aromatic rings. The van der Waals surface area contributed by atoms with E-state index in [0.717, 1.165) is 11.3 Å². The largest absolute Gasteiger partial charge is 0.465 e. The number of anilines is 1. The normalized spacial score (nSPS) is 10.3. The van der Waals surface area contributed by atoms with Crippen molar-refractivity contribution in [3.8, 4) is 5.69 Å². The molecule has 1 aromatic heterocycles. The van der Waals surface area contributed by atoms with Gasteiger partial charge in [-0.25, -0.2) is 9.48 Å². The first-order valence-electron chi connectivity index (χ1n) is 7.42. The van der Waals surface area contributed by atoms with Gasteiger partial charge < -0.3 is 10.1 Å². The maximum atomic E-state index is 12.4. The lowest BCUT2D eigenvalue weighted by atomic mass is 10.1. The Balaban J connectivity index is 1.79. The molecule has 3 rings (SSSR count). The van der Waals surface area contributed by atoms with Gasteiger partial charge in [-0.05, 0) is 59.3 Å². The summed E-state index contributed by atoms with van der Waals surface area (Å²) < 4.78 is 6.16. The molecular formula is C17H15N5O3. The molecule has 8 heteroatoms. The highest BCUT2D eigenvalue weighted by Gasteiger charge is 2.11. The smallest absolute Gasteiger partial charge is 0.337 e. The molecule has 0 radical (unpaired) electrons. The van der Waals surface area contributed by atoms with E-state index in [2.05, 4.69) is 25.6 Å². The monoisotopic (exact) mass is 337 g/mol. The van der Waals surface area contributed by atoms with E-state index in [1.165, 1.54) is 18.1 Å². The highest BCUT2D eigenvalue weighted by Crippen LogP contribution is 2.19. The van der Waals surface area contributed by atoms with Gasteiger partial charge >= 0.3 is 5.97 Å². The lowest BCUT2D eigenvalue weighted by Gasteiger charge is -2.10. The van der Waals surface area contributed by atoms with E-state index in [0.29, 0.717) is 16.8 Å². The molecule has 0 fully saturated rings. The van der Waals surface area contributed by atoms with E-state index < -0.39 is 5.97 Å². The number of nitrogens with zero attached hydrogens (tertiary/aromatic N) is 4. The van der Waals surface area contributed by atoms with Crippen molar-refractivity contribution >= 4 is 17.6 Å². The quantitative estimate of drug-likeness (QED) is 0.731. The van der Waals surface area contributed by atoms with Crippen LogP contribution in [0.3, 0.4) is 0 Å². The van der Waals surface area contributed by atoms with E-state index in [-0.39, 0.29) is 5.91 Å². The van der Waals surface area contributed by atoms with Gasteiger partial charge in [0.2, 0.25) is 0 Å². The molecule has 0 atom stereocenters. The minimum atomic E-state index is -0.448. The summed E-state index contributed by atoms with van der Waals surface area (Å²) in [6.45, 7) is 1.92. The number of esters is 1. The summed E-state index contributed by atoms with van der Waals surface area (Å²) in [4.78, 5) is 23.8. The van der Waals surface area contributed by atoms with Crippen molar-refractivity contribution < 1.29 is 14.3 Å². The molecule has 2 aromatic carbocycles. The number of hydrogen-bond donors (Lipinski definition) is 1. The zero-order chi connectivity index (χ0) is 17.8. The molecule has 0 aliphatic rings. The summed E-state index contributed by atoms with van der Waals surface area (Å²) in [5.74, 6) is -0.737. The highest BCUT2D eigenvalue weighted by atomic mass is 16.5. The van der Waals surface area contributed by atoms with Gasteiger partial charge in [-0.15, -0.1) is 5.10 Å². The van der Waals surface area contributed by atoms with Crippen LogP contribution in [0.5, 0.6) is 0 Å². The lowest BCUT2D eigenvalue weighted by Crippen LogP contribution is -2.13. The predicted molar refractivity (Wildman–Crippen MR) is 89.6 cm³/mol. The first kappa shape index (κ1) is 16.3. The Morgan fingerprint density at radius 1 is 1.08 bits per heavy atom. The molecule has 1 N–H and O–H groups in total. The Labute approximate surface area is 143 Å². The van der Waals surface area contributed by atoms with Crippen LogP contribution in [0, 0.1) is 6.92 Å². The number of aromatic nitrogens is 4. The first-order valence-corrected chi connectivity index (χ1v) is 7.42. The fourth-order valence-electron chi connectivity index (χ4n) is 2.28. The van der Waals surface area contributed by atoms with Gasteiger partial charge in [0, 0.05) is 11.3 Å². The Morgan fingerprint density at radius 2 is 1.80 bits per heavy atom. The maximum absolute atomic E-state index is 12.4. The summed E-state index contributed by atoms with van der Waals surface area (Å²) in [7, 11) is 1.31. The third kappa shape index (κ3) is 3.52. The molecule has 1 amide bonds. The van der Waals surface area contributed by atoms with Crippen LogP contribution in [-0.4, -0.2) is 39.2 Å². The molecule has 126 valence electrons. The van der Waals surface area contributed by atoms with Crippen LogP contribution in [0.25, 0.3) is 5.69 Å². The van der Waals surface area contributed by atoms with Gasteiger partial charge in [0.1, 0.15) is 6.33 Å². The van der Waals surface area contributed by atoms with Gasteiger partial charge in [-0.2, -0.15) is 0 Å². The third-order valence-electron chi connectivity index (χ3n) is 3.63. The number of carbonyl (C=O) groups is 2. The minimum Gasteiger partial charge on any atom is -0.465 e. The Hall–Kier alpha value is -3.55. The summed E-state index contributed by atoms with van der Waals surface area (Å²) in [5.41, 5.74) is 3.15. The molecule has 0 saturated carbocycles. The van der Waals surface area contributed by atoms with E-state index in [9.17, 15) is 9.59 Å². The van der Waals surface area contributed by atoms with Crippen LogP contribution in [-0.2, 0) is 4.74 Å². The second-order valence-corrected chi connectivity index (χ2v) is 5.28. The summed E-state index contributed by atoms with van der Waals surface area (Å²) in [6.07, 6.45) is 1.49. The number of amides is 1. The van der Waals surface area contributed by atoms with Gasteiger partial charge in [-0.3, -0.25) is 4.79 Å². The SMILES string of the molecule is COC(=O)c1ccc(C(=O)Nc2ccc(C)c(-n3cnnn3)c2)cc1. The second-order valence-electron chi connectivity index (χ2n) is 5.28. The van der Waals surface area contributed by atoms with Crippen molar-refractivity contribution in [1.82, 2.24) is 20.2 Å². The van der Waals surface area contributed by atoms with Gasteiger partial charge in [0.05, 0.1) is 18.4 Å². The first-order chi connectivity index (χ1) is 12.1. The number of ether oxygens (including phenoxy) is 1. The highest BCUT2D eigenvalue weighted by molar-refractivity contribution is 6.05. The van der Waals surface area contributed by atoms with Gasteiger partial charge in [0.15, 0.2) is 0 Å². The molecule has 0 bridgehead atoms. The van der Waals surface area contributed by atoms with Crippen LogP contribution in [0.1, 0.15) is 26.3 Å². The summed E-state index contributed by atoms with van der Waals surface area (Å²) in [5, 5.41) is 13.9. The van der Waals surface area contributed by atoms with Crippen LogP contribution < -0.4 is 5.32 Å².